The van der Waals surface area contributed by atoms with E-state index < -0.39 is 15.2 Å². The lowest BCUT2D eigenvalue weighted by molar-refractivity contribution is 0.584. The van der Waals surface area contributed by atoms with Crippen LogP contribution in [0.25, 0.3) is 0 Å². The predicted octanol–water partition coefficient (Wildman–Crippen LogP) is 1.40. The fourth-order valence-corrected chi connectivity index (χ4v) is 6.44. The summed E-state index contributed by atoms with van der Waals surface area (Å²) in [6.45, 7) is 1.24. The van der Waals surface area contributed by atoms with E-state index >= 15 is 0 Å². The molecule has 0 bridgehead atoms. The molecule has 5 nitrogen and oxygen atoms in total. The van der Waals surface area contributed by atoms with Gasteiger partial charge in [-0.15, -0.1) is 11.3 Å². The van der Waals surface area contributed by atoms with E-state index in [2.05, 4.69) is 0 Å². The van der Waals surface area contributed by atoms with Gasteiger partial charge in [0, 0.05) is 41.6 Å². The molecule has 1 atom stereocenters. The molecule has 1 aromatic rings. The second kappa shape index (κ2) is 5.47. The Morgan fingerprint density at radius 1 is 1.45 bits per heavy atom. The maximum Gasteiger partial charge on any atom is 0.186 e. The summed E-state index contributed by atoms with van der Waals surface area (Å²) >= 11 is 3.27. The molecule has 1 unspecified atom stereocenters. The Balaban J connectivity index is 1.93. The Kier molecular flexibility index (Phi) is 4.00. The van der Waals surface area contributed by atoms with Crippen LogP contribution in [0.4, 0.5) is 5.13 Å². The average molecular weight is 334 g/mol. The Morgan fingerprint density at radius 2 is 2.20 bits per heavy atom. The summed E-state index contributed by atoms with van der Waals surface area (Å²) in [7, 11) is -3.10. The van der Waals surface area contributed by atoms with Crippen LogP contribution in [0.5, 0.6) is 0 Å². The lowest BCUT2D eigenvalue weighted by Crippen LogP contribution is -2.47. The van der Waals surface area contributed by atoms with Gasteiger partial charge in [0.25, 0.3) is 0 Å². The number of hydrogen-bond donors (Lipinski definition) is 1. The first-order chi connectivity index (χ1) is 9.50. The third kappa shape index (κ3) is 2.84. The molecule has 2 heterocycles. The number of thiazole rings is 1. The Hall–Kier alpha value is -0.310. The minimum Gasteiger partial charge on any atom is -0.329 e. The van der Waals surface area contributed by atoms with Crippen molar-refractivity contribution >= 4 is 38.1 Å². The Morgan fingerprint density at radius 3 is 2.80 bits per heavy atom. The van der Waals surface area contributed by atoms with Gasteiger partial charge in [-0.3, -0.25) is 0 Å². The van der Waals surface area contributed by atoms with Crippen LogP contribution in [-0.4, -0.2) is 43.1 Å². The smallest absolute Gasteiger partial charge is 0.186 e. The zero-order chi connectivity index (χ0) is 14.3. The zero-order valence-electron chi connectivity index (χ0n) is 11.4. The molecule has 8 heteroatoms. The van der Waals surface area contributed by atoms with E-state index in [0.29, 0.717) is 18.2 Å². The first-order valence-electron chi connectivity index (χ1n) is 6.73. The standard InChI is InChI=1S/C12H19N3O2S3/c1-20(16,17)10-7-18-5-4-15(10)12-14-11(8-2-3-8)9(6-13)19-12/h8,10H,2-7,13H2,1H3. The van der Waals surface area contributed by atoms with E-state index in [1.807, 2.05) is 4.90 Å². The minimum atomic E-state index is -3.10. The van der Waals surface area contributed by atoms with Gasteiger partial charge in [0.05, 0.1) is 5.69 Å². The molecule has 20 heavy (non-hydrogen) atoms. The summed E-state index contributed by atoms with van der Waals surface area (Å²) in [5.41, 5.74) is 6.92. The van der Waals surface area contributed by atoms with E-state index in [-0.39, 0.29) is 0 Å². The molecule has 1 saturated carbocycles. The average Bonchev–Trinajstić information content (AvgIpc) is 3.17. The van der Waals surface area contributed by atoms with Gasteiger partial charge in [-0.2, -0.15) is 11.8 Å². The SMILES string of the molecule is CS(=O)(=O)C1CSCCN1c1nc(C2CC2)c(CN)s1. The van der Waals surface area contributed by atoms with E-state index in [9.17, 15) is 8.42 Å². The fourth-order valence-electron chi connectivity index (χ4n) is 2.45. The van der Waals surface area contributed by atoms with Gasteiger partial charge >= 0.3 is 0 Å². The number of hydrogen-bond acceptors (Lipinski definition) is 7. The van der Waals surface area contributed by atoms with Crippen LogP contribution in [0.15, 0.2) is 0 Å². The second-order valence-corrected chi connectivity index (χ2v) is 9.75. The van der Waals surface area contributed by atoms with E-state index in [0.717, 1.165) is 28.0 Å². The van der Waals surface area contributed by atoms with E-state index in [1.54, 1.807) is 23.1 Å². The topological polar surface area (TPSA) is 76.3 Å². The Labute approximate surface area is 127 Å². The molecule has 0 aromatic carbocycles. The summed E-state index contributed by atoms with van der Waals surface area (Å²) in [6, 6.07) is 0. The van der Waals surface area contributed by atoms with Crippen molar-refractivity contribution in [2.24, 2.45) is 5.73 Å². The van der Waals surface area contributed by atoms with Gasteiger partial charge in [0.2, 0.25) is 0 Å². The number of rotatable bonds is 4. The third-order valence-corrected chi connectivity index (χ3v) is 7.46. The predicted molar refractivity (Wildman–Crippen MR) is 85.3 cm³/mol. The second-order valence-electron chi connectivity index (χ2n) is 5.34. The number of nitrogens with two attached hydrogens (primary N) is 1. The molecule has 2 aliphatic rings. The van der Waals surface area contributed by atoms with Gasteiger partial charge in [-0.25, -0.2) is 13.4 Å². The van der Waals surface area contributed by atoms with Crippen molar-refractivity contribution in [3.05, 3.63) is 10.6 Å². The maximum absolute atomic E-state index is 12.0. The van der Waals surface area contributed by atoms with Crippen LogP contribution in [0.2, 0.25) is 0 Å². The lowest BCUT2D eigenvalue weighted by Gasteiger charge is -2.33. The molecule has 0 radical (unpaired) electrons. The molecule has 1 aromatic heterocycles. The van der Waals surface area contributed by atoms with Crippen molar-refractivity contribution in [3.8, 4) is 0 Å². The molecule has 1 saturated heterocycles. The summed E-state index contributed by atoms with van der Waals surface area (Å²) in [5.74, 6) is 2.12. The van der Waals surface area contributed by atoms with Crippen molar-refractivity contribution in [3.63, 3.8) is 0 Å². The van der Waals surface area contributed by atoms with Crippen LogP contribution < -0.4 is 10.6 Å². The van der Waals surface area contributed by atoms with Crippen LogP contribution >= 0.6 is 23.1 Å². The highest BCUT2D eigenvalue weighted by molar-refractivity contribution is 8.01. The largest absolute Gasteiger partial charge is 0.329 e. The number of aromatic nitrogens is 1. The molecule has 2 N–H and O–H groups in total. The zero-order valence-corrected chi connectivity index (χ0v) is 13.9. The van der Waals surface area contributed by atoms with Crippen molar-refractivity contribution < 1.29 is 8.42 Å². The molecule has 3 rings (SSSR count). The molecule has 0 amide bonds. The molecule has 112 valence electrons. The quantitative estimate of drug-likeness (QED) is 0.898. The van der Waals surface area contributed by atoms with Crippen molar-refractivity contribution in [2.75, 3.05) is 29.2 Å². The normalized spacial score (nSPS) is 24.1. The van der Waals surface area contributed by atoms with Crippen molar-refractivity contribution in [1.29, 1.82) is 0 Å². The van der Waals surface area contributed by atoms with E-state index in [4.69, 9.17) is 10.7 Å². The van der Waals surface area contributed by atoms with Crippen LogP contribution in [0.3, 0.4) is 0 Å². The highest BCUT2D eigenvalue weighted by Crippen LogP contribution is 2.44. The van der Waals surface area contributed by atoms with Crippen molar-refractivity contribution in [2.45, 2.75) is 30.7 Å². The highest BCUT2D eigenvalue weighted by atomic mass is 32.2. The van der Waals surface area contributed by atoms with Gasteiger partial charge in [-0.05, 0) is 12.8 Å². The maximum atomic E-state index is 12.0. The number of nitrogens with zero attached hydrogens (tertiary/aromatic N) is 2. The summed E-state index contributed by atoms with van der Waals surface area (Å²) in [5, 5.41) is 0.383. The first-order valence-corrected chi connectivity index (χ1v) is 10.7. The van der Waals surface area contributed by atoms with Gasteiger partial charge < -0.3 is 10.6 Å². The van der Waals surface area contributed by atoms with Gasteiger partial charge in [0.1, 0.15) is 5.37 Å². The summed E-state index contributed by atoms with van der Waals surface area (Å²) in [6.07, 6.45) is 3.68. The van der Waals surface area contributed by atoms with E-state index in [1.165, 1.54) is 19.1 Å². The number of anilines is 1. The van der Waals surface area contributed by atoms with Crippen LogP contribution in [-0.2, 0) is 16.4 Å². The molecule has 0 spiro atoms. The molecule has 2 fully saturated rings. The Bertz CT molecular complexity index is 595. The minimum absolute atomic E-state index is 0.454. The monoisotopic (exact) mass is 333 g/mol. The van der Waals surface area contributed by atoms with Crippen LogP contribution in [0, 0.1) is 0 Å². The molecule has 1 aliphatic carbocycles. The summed E-state index contributed by atoms with van der Waals surface area (Å²) < 4.78 is 23.9. The van der Waals surface area contributed by atoms with Gasteiger partial charge in [-0.1, -0.05) is 0 Å². The summed E-state index contributed by atoms with van der Waals surface area (Å²) in [4.78, 5) is 7.80. The number of thioether (sulfide) groups is 1. The molecular formula is C12H19N3O2S3. The fraction of sp³-hybridized carbons (Fsp3) is 0.750. The number of sulfone groups is 1. The van der Waals surface area contributed by atoms with Crippen molar-refractivity contribution in [1.82, 2.24) is 4.98 Å². The lowest BCUT2D eigenvalue weighted by atomic mass is 10.2. The molecular weight excluding hydrogens is 314 g/mol. The van der Waals surface area contributed by atoms with Crippen LogP contribution in [0.1, 0.15) is 29.3 Å². The first kappa shape index (κ1) is 14.6. The van der Waals surface area contributed by atoms with Gasteiger partial charge in [0.15, 0.2) is 15.0 Å². The molecule has 1 aliphatic heterocycles. The highest BCUT2D eigenvalue weighted by Gasteiger charge is 2.35. The third-order valence-electron chi connectivity index (χ3n) is 3.69.